The second kappa shape index (κ2) is 10.9. The van der Waals surface area contributed by atoms with Crippen molar-refractivity contribution in [3.05, 3.63) is 62.4 Å². The van der Waals surface area contributed by atoms with Gasteiger partial charge in [0.1, 0.15) is 18.1 Å². The van der Waals surface area contributed by atoms with Crippen molar-refractivity contribution in [1.29, 1.82) is 0 Å². The number of aliphatic hydroxyl groups is 1. The number of aromatic nitrogens is 2. The van der Waals surface area contributed by atoms with Crippen molar-refractivity contribution in [2.24, 2.45) is 0 Å². The smallest absolute Gasteiger partial charge is 0.415 e. The maximum Gasteiger partial charge on any atom is 0.415 e. The molecule has 0 atom stereocenters. The van der Waals surface area contributed by atoms with E-state index in [0.29, 0.717) is 53.9 Å². The average molecular weight is 574 g/mol. The van der Waals surface area contributed by atoms with Crippen molar-refractivity contribution in [2.75, 3.05) is 34.2 Å². The standard InChI is InChI=1S/C31H35N5O6/c1-5-19-28(37)21-13-25-27-17(14-36(25)29(38)23(21)16-41-30(19)39)12-20-22(15-34(3)4)26(7-6-24(20)33-27)42-31(40)35-10-8-18(32-2)9-11-35/h6-7,12-13,18,32,37H,5,8-11,14-16H2,1-4H3. The van der Waals surface area contributed by atoms with Gasteiger partial charge in [-0.25, -0.2) is 14.6 Å². The minimum atomic E-state index is -0.618. The van der Waals surface area contributed by atoms with Crippen LogP contribution in [0.15, 0.2) is 34.6 Å². The third-order valence-electron chi connectivity index (χ3n) is 8.44. The van der Waals surface area contributed by atoms with Gasteiger partial charge in [0.15, 0.2) is 0 Å². The third kappa shape index (κ3) is 4.72. The predicted octanol–water partition coefficient (Wildman–Crippen LogP) is 3.41. The van der Waals surface area contributed by atoms with Crippen LogP contribution in [0.2, 0.25) is 0 Å². The Morgan fingerprint density at radius 1 is 1.21 bits per heavy atom. The van der Waals surface area contributed by atoms with Crippen LogP contribution in [0, 0.1) is 0 Å². The fourth-order valence-corrected chi connectivity index (χ4v) is 6.11. The van der Waals surface area contributed by atoms with Crippen LogP contribution >= 0.6 is 0 Å². The first-order valence-electron chi connectivity index (χ1n) is 14.3. The number of piperidine rings is 1. The van der Waals surface area contributed by atoms with Crippen molar-refractivity contribution >= 4 is 28.7 Å². The molecule has 2 aromatic heterocycles. The number of cyclic esters (lactones) is 1. The topological polar surface area (TPSA) is 126 Å². The number of rotatable bonds is 5. The molecular formula is C31H35N5O6. The summed E-state index contributed by atoms with van der Waals surface area (Å²) in [6.07, 6.45) is 1.67. The minimum absolute atomic E-state index is 0.143. The lowest BCUT2D eigenvalue weighted by Gasteiger charge is -2.31. The molecule has 0 saturated carbocycles. The van der Waals surface area contributed by atoms with Crippen LogP contribution in [0.25, 0.3) is 28.0 Å². The number of carbonyl (C=O) groups is 2. The lowest BCUT2D eigenvalue weighted by molar-refractivity contribution is -0.140. The Bertz CT molecular complexity index is 1700. The number of carbonyl (C=O) groups excluding carboxylic acids is 2. The summed E-state index contributed by atoms with van der Waals surface area (Å²) in [7, 11) is 5.84. The maximum absolute atomic E-state index is 13.6. The lowest BCUT2D eigenvalue weighted by atomic mass is 10.0. The Hall–Kier alpha value is -4.22. The number of hydrogen-bond donors (Lipinski definition) is 2. The minimum Gasteiger partial charge on any atom is -0.507 e. The van der Waals surface area contributed by atoms with Gasteiger partial charge in [0.05, 0.1) is 34.6 Å². The maximum atomic E-state index is 13.6. The highest BCUT2D eigenvalue weighted by atomic mass is 16.6. The molecule has 1 amide bonds. The molecule has 3 aliphatic heterocycles. The van der Waals surface area contributed by atoms with E-state index in [2.05, 4.69) is 5.32 Å². The first-order valence-corrected chi connectivity index (χ1v) is 14.3. The summed E-state index contributed by atoms with van der Waals surface area (Å²) in [5.74, 6) is -0.352. The van der Waals surface area contributed by atoms with Gasteiger partial charge in [0.2, 0.25) is 0 Å². The Morgan fingerprint density at radius 2 is 1.98 bits per heavy atom. The number of nitrogens with one attached hydrogen (secondary N) is 1. The Morgan fingerprint density at radius 3 is 2.67 bits per heavy atom. The van der Waals surface area contributed by atoms with E-state index < -0.39 is 5.97 Å². The molecule has 220 valence electrons. The first kappa shape index (κ1) is 27.9. The Labute approximate surface area is 243 Å². The quantitative estimate of drug-likeness (QED) is 0.346. The molecule has 3 aliphatic rings. The fraction of sp³-hybridized carbons (Fsp3) is 0.419. The van der Waals surface area contributed by atoms with Gasteiger partial charge in [-0.05, 0) is 64.7 Å². The lowest BCUT2D eigenvalue weighted by Crippen LogP contribution is -2.45. The predicted molar refractivity (Wildman–Crippen MR) is 157 cm³/mol. The van der Waals surface area contributed by atoms with Crippen LogP contribution in [0.5, 0.6) is 5.75 Å². The zero-order valence-corrected chi connectivity index (χ0v) is 24.3. The van der Waals surface area contributed by atoms with Crippen molar-refractivity contribution in [3.63, 3.8) is 0 Å². The third-order valence-corrected chi connectivity index (χ3v) is 8.44. The van der Waals surface area contributed by atoms with Crippen LogP contribution in [0.1, 0.15) is 48.4 Å². The summed E-state index contributed by atoms with van der Waals surface area (Å²) in [6, 6.07) is 7.75. The second-order valence-electron chi connectivity index (χ2n) is 11.3. The molecular weight excluding hydrogens is 538 g/mol. The second-order valence-corrected chi connectivity index (χ2v) is 11.3. The van der Waals surface area contributed by atoms with Gasteiger partial charge >= 0.3 is 12.1 Å². The summed E-state index contributed by atoms with van der Waals surface area (Å²) >= 11 is 0. The van der Waals surface area contributed by atoms with E-state index in [4.69, 9.17) is 14.5 Å². The zero-order chi connectivity index (χ0) is 29.7. The molecule has 6 rings (SSSR count). The van der Waals surface area contributed by atoms with Crippen LogP contribution in [0.3, 0.4) is 0 Å². The number of aliphatic hydroxyl groups excluding tert-OH is 1. The highest BCUT2D eigenvalue weighted by molar-refractivity contribution is 5.97. The van der Waals surface area contributed by atoms with Crippen LogP contribution in [-0.4, -0.2) is 76.8 Å². The molecule has 0 aliphatic carbocycles. The molecule has 0 radical (unpaired) electrons. The molecule has 0 spiro atoms. The van der Waals surface area contributed by atoms with Crippen LogP contribution < -0.4 is 15.6 Å². The molecule has 5 heterocycles. The highest BCUT2D eigenvalue weighted by Crippen LogP contribution is 2.38. The number of nitrogens with zero attached hydrogens (tertiary/aromatic N) is 4. The highest BCUT2D eigenvalue weighted by Gasteiger charge is 2.31. The van der Waals surface area contributed by atoms with Gasteiger partial charge in [-0.2, -0.15) is 0 Å². The number of hydrogen-bond acceptors (Lipinski definition) is 9. The van der Waals surface area contributed by atoms with Crippen molar-refractivity contribution in [3.8, 4) is 17.1 Å². The van der Waals surface area contributed by atoms with Crippen molar-refractivity contribution in [1.82, 2.24) is 24.7 Å². The zero-order valence-electron chi connectivity index (χ0n) is 24.3. The normalized spacial score (nSPS) is 16.8. The van der Waals surface area contributed by atoms with Crippen molar-refractivity contribution in [2.45, 2.75) is 51.9 Å². The van der Waals surface area contributed by atoms with Gasteiger partial charge in [-0.1, -0.05) is 6.92 Å². The number of fused-ring (bicyclic) bond motifs is 5. The molecule has 0 bridgehead atoms. The summed E-state index contributed by atoms with van der Waals surface area (Å²) in [5.41, 5.74) is 3.95. The van der Waals surface area contributed by atoms with Gasteiger partial charge in [-0.15, -0.1) is 0 Å². The van der Waals surface area contributed by atoms with Crippen LogP contribution in [0.4, 0.5) is 4.79 Å². The molecule has 42 heavy (non-hydrogen) atoms. The van der Waals surface area contributed by atoms with E-state index >= 15 is 0 Å². The number of pyridine rings is 2. The van der Waals surface area contributed by atoms with Gasteiger partial charge < -0.3 is 34.3 Å². The number of esters is 1. The van der Waals surface area contributed by atoms with Gasteiger partial charge in [-0.3, -0.25) is 4.79 Å². The van der Waals surface area contributed by atoms with E-state index in [-0.39, 0.29) is 48.1 Å². The molecule has 1 fully saturated rings. The molecule has 11 heteroatoms. The molecule has 2 N–H and O–H groups in total. The van der Waals surface area contributed by atoms with Crippen LogP contribution in [-0.2, 0) is 29.2 Å². The van der Waals surface area contributed by atoms with Gasteiger partial charge in [0.25, 0.3) is 5.56 Å². The van der Waals surface area contributed by atoms with E-state index in [1.165, 1.54) is 0 Å². The molecule has 0 unspecified atom stereocenters. The molecule has 3 aromatic rings. The Kier molecular flexibility index (Phi) is 7.24. The van der Waals surface area contributed by atoms with Gasteiger partial charge in [0, 0.05) is 47.8 Å². The molecule has 1 saturated heterocycles. The summed E-state index contributed by atoms with van der Waals surface area (Å²) in [4.78, 5) is 47.8. The summed E-state index contributed by atoms with van der Waals surface area (Å²) < 4.78 is 12.9. The van der Waals surface area contributed by atoms with E-state index in [0.717, 1.165) is 29.4 Å². The van der Waals surface area contributed by atoms with Crippen molar-refractivity contribution < 1.29 is 24.2 Å². The van der Waals surface area contributed by atoms with E-state index in [1.807, 2.05) is 38.2 Å². The average Bonchev–Trinajstić information content (AvgIpc) is 3.28. The van der Waals surface area contributed by atoms with E-state index in [1.54, 1.807) is 28.5 Å². The SMILES string of the molecule is CCC1=C(O)c2cc3n(c(=O)c2COC1=O)Cc1cc2c(CN(C)C)c(OC(=O)N4CCC(NC)CC4)ccc2nc1-3. The molecule has 11 nitrogen and oxygen atoms in total. The number of ether oxygens (including phenoxy) is 2. The van der Waals surface area contributed by atoms with E-state index in [9.17, 15) is 19.5 Å². The summed E-state index contributed by atoms with van der Waals surface area (Å²) in [6.45, 7) is 3.62. The largest absolute Gasteiger partial charge is 0.507 e. The molecule has 1 aromatic carbocycles. The number of benzene rings is 1. The number of likely N-dealkylation sites (tertiary alicyclic amines) is 1. The fourth-order valence-electron chi connectivity index (χ4n) is 6.11. The number of amides is 1. The summed E-state index contributed by atoms with van der Waals surface area (Å²) in [5, 5.41) is 15.1. The monoisotopic (exact) mass is 573 g/mol. The first-order chi connectivity index (χ1) is 20.2. The Balaban J connectivity index is 1.41.